The smallest absolute Gasteiger partial charge is 0.00795 e. The zero-order valence-electron chi connectivity index (χ0n) is 17.6. The highest BCUT2D eigenvalue weighted by molar-refractivity contribution is 5.35. The molecule has 2 bridgehead atoms. The Kier molecular flexibility index (Phi) is 3.35. The van der Waals surface area contributed by atoms with E-state index in [1.165, 1.54) is 38.5 Å². The Morgan fingerprint density at radius 2 is 1.80 bits per heavy atom. The molecule has 0 heteroatoms. The Morgan fingerprint density at radius 3 is 2.52 bits per heavy atom. The van der Waals surface area contributed by atoms with Crippen molar-refractivity contribution in [1.82, 2.24) is 0 Å². The van der Waals surface area contributed by atoms with E-state index in [0.717, 1.165) is 46.8 Å². The molecule has 5 saturated carbocycles. The molecule has 25 heavy (non-hydrogen) atoms. The van der Waals surface area contributed by atoms with Crippen molar-refractivity contribution < 1.29 is 0 Å². The van der Waals surface area contributed by atoms with Gasteiger partial charge in [0.1, 0.15) is 0 Å². The van der Waals surface area contributed by atoms with Crippen LogP contribution < -0.4 is 0 Å². The van der Waals surface area contributed by atoms with Crippen molar-refractivity contribution in [2.45, 2.75) is 86.5 Å². The number of rotatable bonds is 1. The van der Waals surface area contributed by atoms with Crippen molar-refractivity contribution in [3.63, 3.8) is 0 Å². The lowest BCUT2D eigenvalue weighted by Crippen LogP contribution is -2.69. The first kappa shape index (κ1) is 16.9. The summed E-state index contributed by atoms with van der Waals surface area (Å²) in [5, 5.41) is 0. The van der Waals surface area contributed by atoms with Gasteiger partial charge in [0.2, 0.25) is 0 Å². The maximum atomic E-state index is 2.71. The van der Waals surface area contributed by atoms with Crippen LogP contribution in [-0.4, -0.2) is 0 Å². The van der Waals surface area contributed by atoms with E-state index in [9.17, 15) is 0 Å². The van der Waals surface area contributed by atoms with Gasteiger partial charge in [-0.2, -0.15) is 0 Å². The van der Waals surface area contributed by atoms with E-state index in [1.807, 2.05) is 5.57 Å². The molecule has 0 N–H and O–H groups in total. The number of hydrogen-bond acceptors (Lipinski definition) is 0. The van der Waals surface area contributed by atoms with Crippen LogP contribution in [0, 0.1) is 57.7 Å². The lowest BCUT2D eigenvalue weighted by molar-refractivity contribution is -0.252. The van der Waals surface area contributed by atoms with E-state index < -0.39 is 0 Å². The molecule has 2 spiro atoms. The molecule has 3 unspecified atom stereocenters. The van der Waals surface area contributed by atoms with Gasteiger partial charge in [-0.3, -0.25) is 0 Å². The molecule has 0 amide bonds. The summed E-state index contributed by atoms with van der Waals surface area (Å²) in [6.45, 7) is 15.6. The largest absolute Gasteiger partial charge is 0.0844 e. The van der Waals surface area contributed by atoms with Crippen LogP contribution in [-0.2, 0) is 0 Å². The second kappa shape index (κ2) is 4.96. The van der Waals surface area contributed by atoms with E-state index in [1.54, 1.807) is 6.42 Å². The fourth-order valence-electron chi connectivity index (χ4n) is 10.0. The van der Waals surface area contributed by atoms with Gasteiger partial charge in [0.25, 0.3) is 0 Å². The molecule has 6 rings (SSSR count). The molecule has 6 aliphatic rings. The van der Waals surface area contributed by atoms with E-state index in [2.05, 4.69) is 47.6 Å². The van der Waals surface area contributed by atoms with Gasteiger partial charge < -0.3 is 0 Å². The van der Waals surface area contributed by atoms with Crippen LogP contribution >= 0.6 is 0 Å². The lowest BCUT2D eigenvalue weighted by atomic mass is 9.30. The van der Waals surface area contributed by atoms with Gasteiger partial charge in [0, 0.05) is 0 Å². The van der Waals surface area contributed by atoms with E-state index in [-0.39, 0.29) is 0 Å². The number of fused-ring (bicyclic) bond motifs is 3. The van der Waals surface area contributed by atoms with Gasteiger partial charge in [-0.05, 0) is 103 Å². The third kappa shape index (κ3) is 1.68. The fourth-order valence-corrected chi connectivity index (χ4v) is 10.0. The number of hydrogen-bond donors (Lipinski definition) is 0. The molecule has 0 aromatic heterocycles. The van der Waals surface area contributed by atoms with Crippen LogP contribution in [0.4, 0.5) is 0 Å². The Morgan fingerprint density at radius 1 is 1.04 bits per heavy atom. The van der Waals surface area contributed by atoms with Gasteiger partial charge in [0.05, 0.1) is 0 Å². The van der Waals surface area contributed by atoms with Gasteiger partial charge in [-0.1, -0.05) is 53.2 Å². The summed E-state index contributed by atoms with van der Waals surface area (Å²) in [6.07, 6.45) is 13.2. The first-order valence-corrected chi connectivity index (χ1v) is 11.5. The molecule has 0 aromatic carbocycles. The van der Waals surface area contributed by atoms with Crippen molar-refractivity contribution in [3.8, 4) is 0 Å². The van der Waals surface area contributed by atoms with E-state index in [4.69, 9.17) is 0 Å². The molecule has 6 aliphatic carbocycles. The molecule has 0 saturated heterocycles. The molecule has 0 aromatic rings. The predicted octanol–water partition coefficient (Wildman–Crippen LogP) is 7.10. The van der Waals surface area contributed by atoms with Crippen molar-refractivity contribution in [3.05, 3.63) is 11.6 Å². The minimum atomic E-state index is 0.524. The highest BCUT2D eigenvalue weighted by Crippen LogP contribution is 2.83. The minimum Gasteiger partial charge on any atom is -0.0844 e. The zero-order chi connectivity index (χ0) is 17.8. The molecule has 0 nitrogen and oxygen atoms in total. The fraction of sp³-hybridized carbons (Fsp3) is 0.920. The summed E-state index contributed by atoms with van der Waals surface area (Å²) in [5.41, 5.74) is 3.80. The summed E-state index contributed by atoms with van der Waals surface area (Å²) in [6, 6.07) is 0. The monoisotopic (exact) mass is 340 g/mol. The summed E-state index contributed by atoms with van der Waals surface area (Å²) >= 11 is 0. The van der Waals surface area contributed by atoms with Crippen LogP contribution in [0.25, 0.3) is 0 Å². The Bertz CT molecular complexity index is 614. The lowest BCUT2D eigenvalue weighted by Gasteiger charge is -2.74. The highest BCUT2D eigenvalue weighted by Gasteiger charge is 2.77. The predicted molar refractivity (Wildman–Crippen MR) is 106 cm³/mol. The Hall–Kier alpha value is -0.260. The maximum absolute atomic E-state index is 2.71. The quantitative estimate of drug-likeness (QED) is 0.446. The van der Waals surface area contributed by atoms with Crippen LogP contribution in [0.2, 0.25) is 0 Å². The Balaban J connectivity index is 1.61. The topological polar surface area (TPSA) is 0 Å². The third-order valence-electron chi connectivity index (χ3n) is 11.2. The molecule has 140 valence electrons. The summed E-state index contributed by atoms with van der Waals surface area (Å²) in [5.74, 6) is 6.71. The molecule has 5 fully saturated rings. The summed E-state index contributed by atoms with van der Waals surface area (Å²) < 4.78 is 0. The average molecular weight is 341 g/mol. The van der Waals surface area contributed by atoms with Crippen LogP contribution in [0.1, 0.15) is 86.5 Å². The summed E-state index contributed by atoms with van der Waals surface area (Å²) in [4.78, 5) is 0. The summed E-state index contributed by atoms with van der Waals surface area (Å²) in [7, 11) is 0. The third-order valence-corrected chi connectivity index (χ3v) is 11.2. The van der Waals surface area contributed by atoms with Crippen molar-refractivity contribution in [2.75, 3.05) is 0 Å². The van der Waals surface area contributed by atoms with Crippen LogP contribution in [0.15, 0.2) is 11.6 Å². The first-order valence-electron chi connectivity index (χ1n) is 11.5. The van der Waals surface area contributed by atoms with E-state index >= 15 is 0 Å². The van der Waals surface area contributed by atoms with Crippen LogP contribution in [0.5, 0.6) is 0 Å². The van der Waals surface area contributed by atoms with Gasteiger partial charge in [-0.25, -0.2) is 0 Å². The maximum Gasteiger partial charge on any atom is -0.00795 e. The molecular formula is C25H40. The van der Waals surface area contributed by atoms with Crippen molar-refractivity contribution in [2.24, 2.45) is 57.7 Å². The second-order valence-corrected chi connectivity index (χ2v) is 11.7. The molecule has 9 atom stereocenters. The molecule has 0 aliphatic heterocycles. The Labute approximate surface area is 156 Å². The standard InChI is InChI=1S/C25H40/c1-15(2)20-10-8-19-13-25-17(4)7-9-21-16(3)11-12-24(21,18(25)5)22(25)14-23(19,20)6/h8,15-18,20-22H,7,9-14H2,1-6H3/t16-,17-,18?,20+,21-,22-,23-,24?,25?/m0/s1. The second-order valence-electron chi connectivity index (χ2n) is 11.7. The molecule has 0 radical (unpaired) electrons. The number of allylic oxidation sites excluding steroid dienone is 2. The minimum absolute atomic E-state index is 0.524. The molecule has 0 heterocycles. The van der Waals surface area contributed by atoms with Crippen molar-refractivity contribution in [1.29, 1.82) is 0 Å². The van der Waals surface area contributed by atoms with Gasteiger partial charge in [-0.15, -0.1) is 0 Å². The van der Waals surface area contributed by atoms with Crippen LogP contribution in [0.3, 0.4) is 0 Å². The molecular weight excluding hydrogens is 300 g/mol. The normalized spacial score (nSPS) is 59.6. The highest BCUT2D eigenvalue weighted by atomic mass is 14.8. The van der Waals surface area contributed by atoms with Gasteiger partial charge in [0.15, 0.2) is 0 Å². The van der Waals surface area contributed by atoms with E-state index in [0.29, 0.717) is 10.8 Å². The first-order chi connectivity index (χ1) is 11.8. The van der Waals surface area contributed by atoms with Crippen molar-refractivity contribution >= 4 is 0 Å². The average Bonchev–Trinajstić information content (AvgIpc) is 3.03. The SMILES string of the molecule is CC(C)[C@H]1CC=C2CC34C(C)C5(CC[C@H](C)[C@@H]5CC[C@@H]3C)[C@@H]4C[C@@]21C. The van der Waals surface area contributed by atoms with Gasteiger partial charge >= 0.3 is 0 Å². The zero-order valence-corrected chi connectivity index (χ0v) is 17.6.